The standard InChI is InChI=1S/C17H17N3O4/c18-17(21)23-10-13-9-14(24-20-13)11-22-16-4-2-1-3-15(16)12-5-7-19-8-6-12/h1-8,14H,9-11H2,(H2,18,21). The summed E-state index contributed by atoms with van der Waals surface area (Å²) in [7, 11) is 0. The highest BCUT2D eigenvalue weighted by Crippen LogP contribution is 2.29. The summed E-state index contributed by atoms with van der Waals surface area (Å²) in [4.78, 5) is 19.9. The first-order valence-electron chi connectivity index (χ1n) is 7.48. The second-order valence-corrected chi connectivity index (χ2v) is 5.24. The van der Waals surface area contributed by atoms with Crippen LogP contribution in [-0.4, -0.2) is 36.1 Å². The summed E-state index contributed by atoms with van der Waals surface area (Å²) in [6.45, 7) is 0.380. The summed E-state index contributed by atoms with van der Waals surface area (Å²) in [6, 6.07) is 11.6. The quantitative estimate of drug-likeness (QED) is 0.878. The van der Waals surface area contributed by atoms with Crippen molar-refractivity contribution in [3.05, 3.63) is 48.8 Å². The van der Waals surface area contributed by atoms with Crippen LogP contribution in [0, 0.1) is 0 Å². The van der Waals surface area contributed by atoms with E-state index in [0.29, 0.717) is 18.7 Å². The van der Waals surface area contributed by atoms with Gasteiger partial charge in [0.05, 0.1) is 5.71 Å². The van der Waals surface area contributed by atoms with Gasteiger partial charge in [0, 0.05) is 24.4 Å². The molecule has 1 aromatic carbocycles. The molecular weight excluding hydrogens is 310 g/mol. The van der Waals surface area contributed by atoms with Gasteiger partial charge in [0.2, 0.25) is 0 Å². The van der Waals surface area contributed by atoms with E-state index in [0.717, 1.165) is 16.9 Å². The van der Waals surface area contributed by atoms with Crippen LogP contribution in [0.3, 0.4) is 0 Å². The van der Waals surface area contributed by atoms with E-state index in [1.165, 1.54) is 0 Å². The number of pyridine rings is 1. The topological polar surface area (TPSA) is 96.0 Å². The van der Waals surface area contributed by atoms with Crippen molar-refractivity contribution >= 4 is 11.8 Å². The van der Waals surface area contributed by atoms with Crippen LogP contribution in [0.5, 0.6) is 5.75 Å². The van der Waals surface area contributed by atoms with Crippen LogP contribution >= 0.6 is 0 Å². The lowest BCUT2D eigenvalue weighted by atomic mass is 10.1. The van der Waals surface area contributed by atoms with Gasteiger partial charge in [-0.2, -0.15) is 0 Å². The third kappa shape index (κ3) is 4.01. The third-order valence-electron chi connectivity index (χ3n) is 3.48. The number of aromatic nitrogens is 1. The van der Waals surface area contributed by atoms with E-state index < -0.39 is 6.09 Å². The zero-order chi connectivity index (χ0) is 16.8. The molecule has 7 nitrogen and oxygen atoms in total. The first-order valence-corrected chi connectivity index (χ1v) is 7.48. The van der Waals surface area contributed by atoms with Crippen molar-refractivity contribution in [3.8, 4) is 16.9 Å². The van der Waals surface area contributed by atoms with Gasteiger partial charge in [-0.05, 0) is 23.8 Å². The Hall–Kier alpha value is -3.09. The minimum Gasteiger partial charge on any atom is -0.489 e. The van der Waals surface area contributed by atoms with Crippen LogP contribution in [-0.2, 0) is 9.57 Å². The molecule has 2 heterocycles. The molecule has 0 radical (unpaired) electrons. The van der Waals surface area contributed by atoms with E-state index in [4.69, 9.17) is 20.0 Å². The summed E-state index contributed by atoms with van der Waals surface area (Å²) in [5.41, 5.74) is 7.57. The van der Waals surface area contributed by atoms with Crippen molar-refractivity contribution in [2.75, 3.05) is 13.2 Å². The van der Waals surface area contributed by atoms with Crippen molar-refractivity contribution in [2.24, 2.45) is 10.9 Å². The summed E-state index contributed by atoms with van der Waals surface area (Å²) in [5.74, 6) is 0.758. The second-order valence-electron chi connectivity index (χ2n) is 5.24. The van der Waals surface area contributed by atoms with Gasteiger partial charge in [-0.1, -0.05) is 23.4 Å². The fourth-order valence-corrected chi connectivity index (χ4v) is 2.36. The van der Waals surface area contributed by atoms with E-state index in [-0.39, 0.29) is 12.7 Å². The maximum absolute atomic E-state index is 10.6. The largest absolute Gasteiger partial charge is 0.489 e. The van der Waals surface area contributed by atoms with Gasteiger partial charge in [-0.15, -0.1) is 0 Å². The Morgan fingerprint density at radius 2 is 2.04 bits per heavy atom. The Labute approximate surface area is 139 Å². The number of amides is 1. The summed E-state index contributed by atoms with van der Waals surface area (Å²) < 4.78 is 10.6. The molecule has 1 aromatic heterocycles. The minimum atomic E-state index is -0.830. The van der Waals surface area contributed by atoms with Gasteiger partial charge in [-0.3, -0.25) is 4.98 Å². The van der Waals surface area contributed by atoms with Crippen molar-refractivity contribution in [1.82, 2.24) is 4.98 Å². The van der Waals surface area contributed by atoms with Gasteiger partial charge < -0.3 is 20.0 Å². The maximum Gasteiger partial charge on any atom is 0.404 e. The van der Waals surface area contributed by atoms with Crippen LogP contribution in [0.25, 0.3) is 11.1 Å². The Morgan fingerprint density at radius 3 is 2.83 bits per heavy atom. The average Bonchev–Trinajstić information content (AvgIpc) is 3.07. The van der Waals surface area contributed by atoms with Crippen LogP contribution in [0.2, 0.25) is 0 Å². The van der Waals surface area contributed by atoms with Gasteiger partial charge in [0.25, 0.3) is 0 Å². The van der Waals surface area contributed by atoms with E-state index in [1.54, 1.807) is 12.4 Å². The summed E-state index contributed by atoms with van der Waals surface area (Å²) in [5, 5.41) is 3.88. The van der Waals surface area contributed by atoms with Crippen molar-refractivity contribution in [1.29, 1.82) is 0 Å². The maximum atomic E-state index is 10.6. The molecule has 2 N–H and O–H groups in total. The third-order valence-corrected chi connectivity index (χ3v) is 3.48. The Bertz CT molecular complexity index is 734. The lowest BCUT2D eigenvalue weighted by Crippen LogP contribution is -2.21. The zero-order valence-electron chi connectivity index (χ0n) is 12.9. The molecule has 3 rings (SSSR count). The van der Waals surface area contributed by atoms with Gasteiger partial charge in [0.15, 0.2) is 6.10 Å². The lowest BCUT2D eigenvalue weighted by molar-refractivity contribution is 0.0472. The molecule has 124 valence electrons. The van der Waals surface area contributed by atoms with Crippen LogP contribution in [0.1, 0.15) is 6.42 Å². The highest BCUT2D eigenvalue weighted by Gasteiger charge is 2.23. The number of oxime groups is 1. The number of primary amides is 1. The normalized spacial score (nSPS) is 16.2. The molecule has 1 aliphatic rings. The minimum absolute atomic E-state index is 0.0411. The van der Waals surface area contributed by atoms with Gasteiger partial charge >= 0.3 is 6.09 Å². The molecule has 0 spiro atoms. The Balaban J connectivity index is 1.58. The molecule has 0 saturated heterocycles. The monoisotopic (exact) mass is 327 g/mol. The van der Waals surface area contributed by atoms with Crippen LogP contribution < -0.4 is 10.5 Å². The van der Waals surface area contributed by atoms with E-state index in [2.05, 4.69) is 10.1 Å². The Kier molecular flexibility index (Phi) is 4.90. The van der Waals surface area contributed by atoms with Crippen LogP contribution in [0.15, 0.2) is 53.9 Å². The van der Waals surface area contributed by atoms with Crippen LogP contribution in [0.4, 0.5) is 4.79 Å². The molecule has 24 heavy (non-hydrogen) atoms. The summed E-state index contributed by atoms with van der Waals surface area (Å²) in [6.07, 6.45) is 2.96. The Morgan fingerprint density at radius 1 is 1.25 bits per heavy atom. The number of benzene rings is 1. The molecule has 7 heteroatoms. The molecule has 1 atom stereocenters. The predicted octanol–water partition coefficient (Wildman–Crippen LogP) is 2.37. The SMILES string of the molecule is NC(=O)OCC1=NOC(COc2ccccc2-c2ccncc2)C1. The highest BCUT2D eigenvalue weighted by atomic mass is 16.7. The van der Waals surface area contributed by atoms with Crippen molar-refractivity contribution < 1.29 is 19.1 Å². The number of para-hydroxylation sites is 1. The number of rotatable bonds is 6. The van der Waals surface area contributed by atoms with Crippen molar-refractivity contribution in [2.45, 2.75) is 12.5 Å². The molecule has 0 fully saturated rings. The van der Waals surface area contributed by atoms with Crippen molar-refractivity contribution in [3.63, 3.8) is 0 Å². The van der Waals surface area contributed by atoms with E-state index in [9.17, 15) is 4.79 Å². The number of carbonyl (C=O) groups excluding carboxylic acids is 1. The second kappa shape index (κ2) is 7.45. The molecule has 1 amide bonds. The highest BCUT2D eigenvalue weighted by molar-refractivity contribution is 5.88. The summed E-state index contributed by atoms with van der Waals surface area (Å²) >= 11 is 0. The van der Waals surface area contributed by atoms with E-state index >= 15 is 0 Å². The number of nitrogens with two attached hydrogens (primary N) is 1. The predicted molar refractivity (Wildman–Crippen MR) is 87.6 cm³/mol. The molecular formula is C17H17N3O4. The van der Waals surface area contributed by atoms with Gasteiger partial charge in [0.1, 0.15) is 19.0 Å². The molecule has 1 unspecified atom stereocenters. The lowest BCUT2D eigenvalue weighted by Gasteiger charge is -2.14. The molecule has 0 saturated carbocycles. The molecule has 0 aliphatic carbocycles. The first-order chi connectivity index (χ1) is 11.7. The number of carbonyl (C=O) groups is 1. The van der Waals surface area contributed by atoms with E-state index in [1.807, 2.05) is 36.4 Å². The fourth-order valence-electron chi connectivity index (χ4n) is 2.36. The smallest absolute Gasteiger partial charge is 0.404 e. The molecule has 2 aromatic rings. The first kappa shape index (κ1) is 15.8. The number of hydrogen-bond donors (Lipinski definition) is 1. The van der Waals surface area contributed by atoms with Gasteiger partial charge in [-0.25, -0.2) is 4.79 Å². The molecule has 1 aliphatic heterocycles. The number of hydrogen-bond acceptors (Lipinski definition) is 6. The fraction of sp³-hybridized carbons (Fsp3) is 0.235. The molecule has 0 bridgehead atoms. The zero-order valence-corrected chi connectivity index (χ0v) is 12.9. The number of nitrogens with zero attached hydrogens (tertiary/aromatic N) is 2. The number of ether oxygens (including phenoxy) is 2. The average molecular weight is 327 g/mol.